The van der Waals surface area contributed by atoms with E-state index in [1.807, 2.05) is 30.3 Å². The lowest BCUT2D eigenvalue weighted by molar-refractivity contribution is 0.317. The molecule has 0 unspecified atom stereocenters. The van der Waals surface area contributed by atoms with Crippen LogP contribution in [0.4, 0.5) is 0 Å². The first kappa shape index (κ1) is 14.8. The van der Waals surface area contributed by atoms with Gasteiger partial charge in [0, 0.05) is 11.3 Å². The monoisotopic (exact) mass is 290 g/mol. The number of aryl methyl sites for hydroxylation is 1. The van der Waals surface area contributed by atoms with Crippen LogP contribution in [0.15, 0.2) is 30.3 Å². The van der Waals surface area contributed by atoms with Crippen LogP contribution in [0.3, 0.4) is 0 Å². The van der Waals surface area contributed by atoms with Gasteiger partial charge < -0.3 is 4.74 Å². The third-order valence-electron chi connectivity index (χ3n) is 2.84. The Bertz CT molecular complexity index is 555. The van der Waals surface area contributed by atoms with Gasteiger partial charge in [-0.2, -0.15) is 0 Å². The lowest BCUT2D eigenvalue weighted by Crippen LogP contribution is -1.97. The van der Waals surface area contributed by atoms with Gasteiger partial charge in [-0.1, -0.05) is 31.9 Å². The summed E-state index contributed by atoms with van der Waals surface area (Å²) in [5.74, 6) is 1.54. The molecule has 0 spiro atoms. The summed E-state index contributed by atoms with van der Waals surface area (Å²) in [6, 6.07) is 9.63. The highest BCUT2D eigenvalue weighted by Gasteiger charge is 2.06. The van der Waals surface area contributed by atoms with Crippen LogP contribution in [0.25, 0.3) is 11.4 Å². The minimum atomic E-state index is 0.491. The van der Waals surface area contributed by atoms with Crippen LogP contribution in [-0.4, -0.2) is 16.6 Å². The maximum atomic E-state index is 6.06. The predicted octanol–water partition coefficient (Wildman–Crippen LogP) is 4.54. The van der Waals surface area contributed by atoms with Crippen molar-refractivity contribution < 1.29 is 4.74 Å². The number of rotatable bonds is 6. The van der Waals surface area contributed by atoms with E-state index in [1.165, 1.54) is 0 Å². The van der Waals surface area contributed by atoms with E-state index in [2.05, 4.69) is 23.8 Å². The molecular weight excluding hydrogens is 272 g/mol. The molecule has 2 aromatic rings. The molecule has 0 amide bonds. The van der Waals surface area contributed by atoms with E-state index in [9.17, 15) is 0 Å². The van der Waals surface area contributed by atoms with Gasteiger partial charge in [0.1, 0.15) is 10.9 Å². The van der Waals surface area contributed by atoms with Crippen molar-refractivity contribution in [1.82, 2.24) is 9.97 Å². The first-order chi connectivity index (χ1) is 9.72. The van der Waals surface area contributed by atoms with Crippen LogP contribution in [-0.2, 0) is 6.42 Å². The smallest absolute Gasteiger partial charge is 0.161 e. The molecule has 0 N–H and O–H groups in total. The Hall–Kier alpha value is -1.61. The molecule has 0 atom stereocenters. The predicted molar refractivity (Wildman–Crippen MR) is 82.3 cm³/mol. The molecule has 1 aromatic carbocycles. The Morgan fingerprint density at radius 1 is 1.05 bits per heavy atom. The molecule has 0 bridgehead atoms. The van der Waals surface area contributed by atoms with Crippen molar-refractivity contribution in [1.29, 1.82) is 0 Å². The normalized spacial score (nSPS) is 10.6. The van der Waals surface area contributed by atoms with Gasteiger partial charge >= 0.3 is 0 Å². The molecule has 1 aromatic heterocycles. The summed E-state index contributed by atoms with van der Waals surface area (Å²) >= 11 is 6.06. The number of nitrogens with zero attached hydrogens (tertiary/aromatic N) is 2. The Morgan fingerprint density at radius 3 is 2.45 bits per heavy atom. The third kappa shape index (κ3) is 3.94. The second-order valence-electron chi connectivity index (χ2n) is 4.63. The fraction of sp³-hybridized carbons (Fsp3) is 0.375. The number of hydrogen-bond donors (Lipinski definition) is 0. The third-order valence-corrected chi connectivity index (χ3v) is 3.03. The lowest BCUT2D eigenvalue weighted by Gasteiger charge is -2.07. The first-order valence-electron chi connectivity index (χ1n) is 6.99. The van der Waals surface area contributed by atoms with Gasteiger partial charge in [-0.3, -0.25) is 0 Å². The summed E-state index contributed by atoms with van der Waals surface area (Å²) in [7, 11) is 0. The molecule has 0 fully saturated rings. The molecule has 20 heavy (non-hydrogen) atoms. The molecule has 3 nitrogen and oxygen atoms in total. The molecule has 106 valence electrons. The van der Waals surface area contributed by atoms with Crippen molar-refractivity contribution in [2.45, 2.75) is 33.1 Å². The van der Waals surface area contributed by atoms with Crippen molar-refractivity contribution in [2.75, 3.05) is 6.61 Å². The number of halogens is 1. The summed E-state index contributed by atoms with van der Waals surface area (Å²) in [6.45, 7) is 4.94. The Morgan fingerprint density at radius 2 is 1.80 bits per heavy atom. The van der Waals surface area contributed by atoms with E-state index in [4.69, 9.17) is 16.3 Å². The summed E-state index contributed by atoms with van der Waals surface area (Å²) in [6.07, 6.45) is 2.95. The van der Waals surface area contributed by atoms with E-state index in [0.717, 1.165) is 42.9 Å². The molecule has 0 saturated carbocycles. The van der Waals surface area contributed by atoms with Crippen molar-refractivity contribution in [3.05, 3.63) is 41.2 Å². The van der Waals surface area contributed by atoms with E-state index in [-0.39, 0.29) is 0 Å². The maximum Gasteiger partial charge on any atom is 0.161 e. The average molecular weight is 291 g/mol. The van der Waals surface area contributed by atoms with Gasteiger partial charge in [0.2, 0.25) is 0 Å². The highest BCUT2D eigenvalue weighted by molar-refractivity contribution is 6.29. The number of hydrogen-bond acceptors (Lipinski definition) is 3. The van der Waals surface area contributed by atoms with E-state index in [0.29, 0.717) is 11.0 Å². The minimum absolute atomic E-state index is 0.491. The van der Waals surface area contributed by atoms with Crippen LogP contribution in [0.2, 0.25) is 5.15 Å². The number of aromatic nitrogens is 2. The molecule has 0 aliphatic carbocycles. The fourth-order valence-corrected chi connectivity index (χ4v) is 2.10. The second kappa shape index (κ2) is 7.25. The van der Waals surface area contributed by atoms with Crippen molar-refractivity contribution in [3.8, 4) is 17.1 Å². The quantitative estimate of drug-likeness (QED) is 0.733. The van der Waals surface area contributed by atoms with Crippen LogP contribution in [0.1, 0.15) is 32.4 Å². The Labute approximate surface area is 125 Å². The molecule has 0 aliphatic rings. The molecular formula is C16H19ClN2O. The zero-order valence-electron chi connectivity index (χ0n) is 11.9. The Balaban J connectivity index is 2.22. The van der Waals surface area contributed by atoms with Crippen LogP contribution in [0, 0.1) is 0 Å². The maximum absolute atomic E-state index is 6.06. The lowest BCUT2D eigenvalue weighted by atomic mass is 10.2. The fourth-order valence-electron chi connectivity index (χ4n) is 1.90. The highest BCUT2D eigenvalue weighted by atomic mass is 35.5. The molecule has 2 rings (SSSR count). The molecule has 0 radical (unpaired) electrons. The highest BCUT2D eigenvalue weighted by Crippen LogP contribution is 2.21. The van der Waals surface area contributed by atoms with Gasteiger partial charge in [-0.15, -0.1) is 0 Å². The van der Waals surface area contributed by atoms with Crippen molar-refractivity contribution in [2.24, 2.45) is 0 Å². The molecule has 4 heteroatoms. The van der Waals surface area contributed by atoms with Gasteiger partial charge in [-0.05, 0) is 43.2 Å². The zero-order valence-corrected chi connectivity index (χ0v) is 12.7. The summed E-state index contributed by atoms with van der Waals surface area (Å²) in [5.41, 5.74) is 1.93. The number of ether oxygens (including phenoxy) is 1. The molecule has 1 heterocycles. The topological polar surface area (TPSA) is 35.0 Å². The SMILES string of the molecule is CCCOc1ccc(-c2nc(Cl)cc(CCC)n2)cc1. The second-order valence-corrected chi connectivity index (χ2v) is 5.02. The van der Waals surface area contributed by atoms with E-state index < -0.39 is 0 Å². The zero-order chi connectivity index (χ0) is 14.4. The van der Waals surface area contributed by atoms with Crippen LogP contribution >= 0.6 is 11.6 Å². The minimum Gasteiger partial charge on any atom is -0.494 e. The van der Waals surface area contributed by atoms with Crippen LogP contribution < -0.4 is 4.74 Å². The summed E-state index contributed by atoms with van der Waals surface area (Å²) < 4.78 is 5.57. The standard InChI is InChI=1S/C16H19ClN2O/c1-3-5-13-11-15(17)19-16(18-13)12-6-8-14(9-7-12)20-10-4-2/h6-9,11H,3-5,10H2,1-2H3. The van der Waals surface area contributed by atoms with Gasteiger partial charge in [0.05, 0.1) is 6.61 Å². The summed E-state index contributed by atoms with van der Waals surface area (Å²) in [4.78, 5) is 8.84. The van der Waals surface area contributed by atoms with Crippen molar-refractivity contribution >= 4 is 11.6 Å². The molecule has 0 aliphatic heterocycles. The first-order valence-corrected chi connectivity index (χ1v) is 7.37. The number of benzene rings is 1. The van der Waals surface area contributed by atoms with Gasteiger partial charge in [0.15, 0.2) is 5.82 Å². The Kier molecular flexibility index (Phi) is 5.36. The van der Waals surface area contributed by atoms with Gasteiger partial charge in [-0.25, -0.2) is 9.97 Å². The van der Waals surface area contributed by atoms with E-state index >= 15 is 0 Å². The summed E-state index contributed by atoms with van der Waals surface area (Å²) in [5, 5.41) is 0.491. The van der Waals surface area contributed by atoms with Gasteiger partial charge in [0.25, 0.3) is 0 Å². The molecule has 0 saturated heterocycles. The average Bonchev–Trinajstić information content (AvgIpc) is 2.45. The van der Waals surface area contributed by atoms with Crippen molar-refractivity contribution in [3.63, 3.8) is 0 Å². The van der Waals surface area contributed by atoms with Crippen LogP contribution in [0.5, 0.6) is 5.75 Å². The largest absolute Gasteiger partial charge is 0.494 e. The van der Waals surface area contributed by atoms with E-state index in [1.54, 1.807) is 0 Å².